The van der Waals surface area contributed by atoms with E-state index >= 15 is 0 Å². The van der Waals surface area contributed by atoms with Crippen molar-refractivity contribution in [3.8, 4) is 16.9 Å². The van der Waals surface area contributed by atoms with Crippen molar-refractivity contribution in [2.75, 3.05) is 13.1 Å². The summed E-state index contributed by atoms with van der Waals surface area (Å²) in [6.07, 6.45) is 0.521. The fourth-order valence-corrected chi connectivity index (χ4v) is 4.68. The molecule has 1 fully saturated rings. The van der Waals surface area contributed by atoms with Crippen LogP contribution in [0.3, 0.4) is 0 Å². The smallest absolute Gasteiger partial charge is 0.336 e. The minimum absolute atomic E-state index is 0.165. The number of halogens is 2. The predicted molar refractivity (Wildman–Crippen MR) is 138 cm³/mol. The highest BCUT2D eigenvalue weighted by molar-refractivity contribution is 6.33. The molecule has 1 aromatic heterocycles. The monoisotopic (exact) mass is 529 g/mol. The van der Waals surface area contributed by atoms with Crippen LogP contribution in [0.15, 0.2) is 51.7 Å². The molecule has 9 heteroatoms. The number of hydrogen-bond acceptors (Lipinski definition) is 6. The van der Waals surface area contributed by atoms with Gasteiger partial charge in [-0.05, 0) is 70.9 Å². The molecule has 4 rings (SSSR count). The summed E-state index contributed by atoms with van der Waals surface area (Å²) in [6.45, 7) is 7.88. The molecular formula is C28H29ClFNO6. The third-order valence-electron chi connectivity index (χ3n) is 6.07. The van der Waals surface area contributed by atoms with Crippen LogP contribution in [0.1, 0.15) is 40.5 Å². The number of ether oxygens (including phenoxy) is 2. The normalized spacial score (nSPS) is 16.9. The average molecular weight is 530 g/mol. The average Bonchev–Trinajstić information content (AvgIpc) is 2.82. The quantitative estimate of drug-likeness (QED) is 0.316. The molecule has 1 aliphatic heterocycles. The molecule has 1 saturated heterocycles. The number of carbonyl (C=O) groups is 2. The van der Waals surface area contributed by atoms with Crippen molar-refractivity contribution in [1.82, 2.24) is 4.90 Å². The zero-order chi connectivity index (χ0) is 26.9. The number of hydrogen-bond donors (Lipinski definition) is 0. The van der Waals surface area contributed by atoms with E-state index in [9.17, 15) is 18.8 Å². The molecule has 1 amide bonds. The Bertz CT molecular complexity index is 1400. The van der Waals surface area contributed by atoms with Gasteiger partial charge in [0.05, 0.1) is 10.9 Å². The summed E-state index contributed by atoms with van der Waals surface area (Å²) in [5, 5.41) is 0.744. The summed E-state index contributed by atoms with van der Waals surface area (Å²) in [6, 6.07) is 10.1. The van der Waals surface area contributed by atoms with Crippen molar-refractivity contribution in [2.24, 2.45) is 5.92 Å². The number of esters is 1. The Labute approximate surface area is 219 Å². The van der Waals surface area contributed by atoms with E-state index in [0.717, 1.165) is 0 Å². The van der Waals surface area contributed by atoms with Crippen LogP contribution in [0.2, 0.25) is 5.02 Å². The van der Waals surface area contributed by atoms with Crippen LogP contribution in [0, 0.1) is 11.7 Å². The standard InChI is InChI=1S/C28H29ClFNO6/c1-16(26(33)31-11-5-6-17(15-31)27(34)37-28(2,3)4)35-19-8-10-21-22(14-25(32)36-24(21)13-19)20-9-7-18(30)12-23(20)29/h7-10,12-14,16-17H,5-6,11,15H2,1-4H3/t16?,17-/m0/s1. The first-order valence-corrected chi connectivity index (χ1v) is 12.5. The largest absolute Gasteiger partial charge is 0.481 e. The number of amides is 1. The first-order chi connectivity index (χ1) is 17.4. The van der Waals surface area contributed by atoms with E-state index in [1.54, 1.807) is 24.0 Å². The van der Waals surface area contributed by atoms with E-state index in [-0.39, 0.29) is 34.9 Å². The van der Waals surface area contributed by atoms with E-state index in [4.69, 9.17) is 25.5 Å². The lowest BCUT2D eigenvalue weighted by Gasteiger charge is -2.34. The number of benzene rings is 2. The Kier molecular flexibility index (Phi) is 7.59. The highest BCUT2D eigenvalue weighted by Gasteiger charge is 2.33. The number of fused-ring (bicyclic) bond motifs is 1. The van der Waals surface area contributed by atoms with E-state index < -0.39 is 23.1 Å². The minimum atomic E-state index is -0.837. The van der Waals surface area contributed by atoms with Gasteiger partial charge in [-0.1, -0.05) is 11.6 Å². The summed E-state index contributed by atoms with van der Waals surface area (Å²) in [5.74, 6) is -1.08. The second-order valence-corrected chi connectivity index (χ2v) is 10.6. The summed E-state index contributed by atoms with van der Waals surface area (Å²) in [4.78, 5) is 39.5. The van der Waals surface area contributed by atoms with Crippen molar-refractivity contribution in [2.45, 2.75) is 52.2 Å². The van der Waals surface area contributed by atoms with Crippen molar-refractivity contribution in [1.29, 1.82) is 0 Å². The van der Waals surface area contributed by atoms with E-state index in [1.807, 2.05) is 20.8 Å². The molecule has 0 aliphatic carbocycles. The van der Waals surface area contributed by atoms with E-state index in [0.29, 0.717) is 41.6 Å². The van der Waals surface area contributed by atoms with Gasteiger partial charge in [-0.25, -0.2) is 9.18 Å². The number of nitrogens with zero attached hydrogens (tertiary/aromatic N) is 1. The molecule has 2 aromatic carbocycles. The summed E-state index contributed by atoms with van der Waals surface area (Å²) in [5.41, 5.74) is 0.0252. The van der Waals surface area contributed by atoms with Crippen molar-refractivity contribution < 1.29 is 27.9 Å². The first kappa shape index (κ1) is 26.7. The van der Waals surface area contributed by atoms with Gasteiger partial charge >= 0.3 is 11.6 Å². The van der Waals surface area contributed by atoms with Gasteiger partial charge < -0.3 is 18.8 Å². The van der Waals surface area contributed by atoms with Crippen LogP contribution in [-0.4, -0.2) is 41.6 Å². The highest BCUT2D eigenvalue weighted by atomic mass is 35.5. The van der Waals surface area contributed by atoms with Gasteiger partial charge in [0.15, 0.2) is 6.10 Å². The SMILES string of the molecule is CC(Oc1ccc2c(-c3ccc(F)cc3Cl)cc(=O)oc2c1)C(=O)N1CCC[C@H](C(=O)OC(C)(C)C)C1. The van der Waals surface area contributed by atoms with Gasteiger partial charge in [0, 0.05) is 41.7 Å². The van der Waals surface area contributed by atoms with E-state index in [1.165, 1.54) is 30.3 Å². The lowest BCUT2D eigenvalue weighted by atomic mass is 9.97. The molecule has 196 valence electrons. The lowest BCUT2D eigenvalue weighted by Crippen LogP contribution is -2.48. The van der Waals surface area contributed by atoms with Crippen molar-refractivity contribution >= 4 is 34.4 Å². The minimum Gasteiger partial charge on any atom is -0.481 e. The molecule has 2 atom stereocenters. The second kappa shape index (κ2) is 10.5. The lowest BCUT2D eigenvalue weighted by molar-refractivity contribution is -0.163. The first-order valence-electron chi connectivity index (χ1n) is 12.1. The number of piperidine rings is 1. The van der Waals surface area contributed by atoms with Crippen LogP contribution in [0.5, 0.6) is 5.75 Å². The molecule has 0 spiro atoms. The van der Waals surface area contributed by atoms with Crippen LogP contribution in [0.4, 0.5) is 4.39 Å². The molecule has 2 heterocycles. The van der Waals surface area contributed by atoms with Gasteiger partial charge in [0.2, 0.25) is 0 Å². The maximum absolute atomic E-state index is 13.5. The van der Waals surface area contributed by atoms with Crippen molar-refractivity contribution in [3.63, 3.8) is 0 Å². The van der Waals surface area contributed by atoms with Gasteiger partial charge in [-0.2, -0.15) is 0 Å². The Hall–Kier alpha value is -3.39. The van der Waals surface area contributed by atoms with Gasteiger partial charge in [0.25, 0.3) is 5.91 Å². The fourth-order valence-electron chi connectivity index (χ4n) is 4.41. The fraction of sp³-hybridized carbons (Fsp3) is 0.393. The molecule has 0 bridgehead atoms. The van der Waals surface area contributed by atoms with Crippen molar-refractivity contribution in [3.05, 3.63) is 63.7 Å². The molecule has 3 aromatic rings. The zero-order valence-electron chi connectivity index (χ0n) is 21.2. The van der Waals surface area contributed by atoms with Gasteiger partial charge in [-0.15, -0.1) is 0 Å². The number of rotatable bonds is 5. The van der Waals surface area contributed by atoms with Gasteiger partial charge in [0.1, 0.15) is 22.8 Å². The van der Waals surface area contributed by atoms with Crippen LogP contribution in [-0.2, 0) is 14.3 Å². The molecule has 0 saturated carbocycles. The maximum atomic E-state index is 13.5. The zero-order valence-corrected chi connectivity index (χ0v) is 21.9. The molecule has 37 heavy (non-hydrogen) atoms. The molecule has 1 aliphatic rings. The molecule has 7 nitrogen and oxygen atoms in total. The predicted octanol–water partition coefficient (Wildman–Crippen LogP) is 5.60. The molecular weight excluding hydrogens is 501 g/mol. The summed E-state index contributed by atoms with van der Waals surface area (Å²) < 4.78 is 30.3. The topological polar surface area (TPSA) is 86.0 Å². The van der Waals surface area contributed by atoms with E-state index in [2.05, 4.69) is 0 Å². The molecule has 1 unspecified atom stereocenters. The van der Waals surface area contributed by atoms with Crippen LogP contribution >= 0.6 is 11.6 Å². The number of carbonyl (C=O) groups excluding carboxylic acids is 2. The second-order valence-electron chi connectivity index (χ2n) is 10.2. The Morgan fingerprint density at radius 2 is 1.89 bits per heavy atom. The Balaban J connectivity index is 1.51. The third kappa shape index (κ3) is 6.31. The molecule has 0 radical (unpaired) electrons. The Morgan fingerprint density at radius 1 is 1.14 bits per heavy atom. The highest BCUT2D eigenvalue weighted by Crippen LogP contribution is 2.34. The van der Waals surface area contributed by atoms with Crippen LogP contribution < -0.4 is 10.4 Å². The third-order valence-corrected chi connectivity index (χ3v) is 6.38. The molecule has 0 N–H and O–H groups in total. The summed E-state index contributed by atoms with van der Waals surface area (Å²) in [7, 11) is 0. The van der Waals surface area contributed by atoms with Gasteiger partial charge in [-0.3, -0.25) is 9.59 Å². The maximum Gasteiger partial charge on any atom is 0.336 e. The Morgan fingerprint density at radius 3 is 2.59 bits per heavy atom. The number of likely N-dealkylation sites (tertiary alicyclic amines) is 1. The summed E-state index contributed by atoms with van der Waals surface area (Å²) >= 11 is 6.22. The van der Waals surface area contributed by atoms with Crippen LogP contribution in [0.25, 0.3) is 22.1 Å².